The molecule has 1 atom stereocenters. The normalized spacial score (nSPS) is 12.2. The molecular weight excluding hydrogens is 335 g/mol. The molecule has 0 saturated heterocycles. The van der Waals surface area contributed by atoms with Gasteiger partial charge in [-0.2, -0.15) is 0 Å². The van der Waals surface area contributed by atoms with Crippen molar-refractivity contribution < 1.29 is 13.5 Å². The number of nitrogens with zero attached hydrogens (tertiary/aromatic N) is 3. The molecule has 0 spiro atoms. The number of likely N-dealkylation sites (N-methyl/N-ethyl adjacent to an activating group) is 1. The van der Waals surface area contributed by atoms with Crippen LogP contribution in [0.2, 0.25) is 5.02 Å². The highest BCUT2D eigenvalue weighted by Crippen LogP contribution is 2.28. The van der Waals surface area contributed by atoms with Crippen molar-refractivity contribution in [3.8, 4) is 11.4 Å². The zero-order valence-corrected chi connectivity index (χ0v) is 13.6. The van der Waals surface area contributed by atoms with Gasteiger partial charge in [0.05, 0.1) is 11.2 Å². The Morgan fingerprint density at radius 2 is 2.21 bits per heavy atom. The van der Waals surface area contributed by atoms with E-state index in [1.807, 2.05) is 0 Å². The second-order valence-electron chi connectivity index (χ2n) is 5.12. The number of aromatic nitrogens is 4. The zero-order chi connectivity index (χ0) is 17.3. The van der Waals surface area contributed by atoms with Gasteiger partial charge >= 0.3 is 0 Å². The van der Waals surface area contributed by atoms with E-state index in [1.54, 1.807) is 19.2 Å². The molecule has 0 radical (unpaired) electrons. The third-order valence-electron chi connectivity index (χ3n) is 3.48. The molecule has 0 aliphatic carbocycles. The fourth-order valence-electron chi connectivity index (χ4n) is 2.25. The summed E-state index contributed by atoms with van der Waals surface area (Å²) in [7, 11) is 1.50. The van der Waals surface area contributed by atoms with Gasteiger partial charge in [-0.3, -0.25) is 4.79 Å². The van der Waals surface area contributed by atoms with Crippen LogP contribution in [0.5, 0.6) is 0 Å². The van der Waals surface area contributed by atoms with E-state index in [1.165, 1.54) is 13.2 Å². The van der Waals surface area contributed by atoms with Gasteiger partial charge in [-0.05, 0) is 13.0 Å². The molecule has 9 heteroatoms. The molecule has 3 N–H and O–H groups in total. The van der Waals surface area contributed by atoms with Crippen LogP contribution in [0.25, 0.3) is 22.4 Å². The van der Waals surface area contributed by atoms with E-state index in [0.29, 0.717) is 22.1 Å². The minimum absolute atomic E-state index is 0. The van der Waals surface area contributed by atoms with E-state index in [-0.39, 0.29) is 16.0 Å². The summed E-state index contributed by atoms with van der Waals surface area (Å²) in [6, 6.07) is 1.08. The van der Waals surface area contributed by atoms with Crippen LogP contribution in [0.15, 0.2) is 24.7 Å². The lowest BCUT2D eigenvalue weighted by molar-refractivity contribution is -0.121. The highest BCUT2D eigenvalue weighted by molar-refractivity contribution is 6.31. The van der Waals surface area contributed by atoms with Gasteiger partial charge in [-0.1, -0.05) is 11.6 Å². The van der Waals surface area contributed by atoms with E-state index < -0.39 is 11.9 Å². The fourth-order valence-corrected chi connectivity index (χ4v) is 2.41. The molecule has 0 aliphatic heterocycles. The van der Waals surface area contributed by atoms with Crippen LogP contribution in [0.3, 0.4) is 0 Å². The van der Waals surface area contributed by atoms with Crippen LogP contribution >= 0.6 is 11.6 Å². The van der Waals surface area contributed by atoms with Crippen LogP contribution < -0.4 is 10.6 Å². The van der Waals surface area contributed by atoms with Crippen molar-refractivity contribution >= 4 is 34.4 Å². The SMILES string of the molecule is CNC(=O)[C@H](C)Nc1nc(-c2c[nH]c3ncc(Cl)cc23)ncc1F.[HH].[HH].[HH]. The standard InChI is InChI=1S/C15H14ClFN6O.3H2/c1-7(15(24)18-2)22-14-11(17)6-21-13(23-14)10-5-20-12-9(10)3-8(16)4-19-12;;;/h3-7H,1-2H3,(H,18,24)(H,19,20)(H,21,22,23);3*1H/t7-;;;/m0.../s1. The summed E-state index contributed by atoms with van der Waals surface area (Å²) in [5.74, 6) is -0.693. The number of carbonyl (C=O) groups excluding carboxylic acids is 1. The minimum Gasteiger partial charge on any atom is -0.357 e. The van der Waals surface area contributed by atoms with Crippen LogP contribution in [0.1, 0.15) is 11.2 Å². The molecule has 0 unspecified atom stereocenters. The number of pyridine rings is 1. The van der Waals surface area contributed by atoms with Crippen molar-refractivity contribution in [2.45, 2.75) is 13.0 Å². The number of aromatic amines is 1. The predicted octanol–water partition coefficient (Wildman–Crippen LogP) is 3.10. The van der Waals surface area contributed by atoms with Crippen molar-refractivity contribution in [3.05, 3.63) is 35.5 Å². The Hall–Kier alpha value is -2.74. The molecule has 1 amide bonds. The van der Waals surface area contributed by atoms with Crippen molar-refractivity contribution in [3.63, 3.8) is 0 Å². The Morgan fingerprint density at radius 1 is 1.42 bits per heavy atom. The molecule has 3 aromatic rings. The van der Waals surface area contributed by atoms with Crippen LogP contribution in [0.4, 0.5) is 10.2 Å². The molecule has 3 heterocycles. The first-order chi connectivity index (χ1) is 11.5. The quantitative estimate of drug-likeness (QED) is 0.669. The molecule has 0 aromatic carbocycles. The summed E-state index contributed by atoms with van der Waals surface area (Å²) in [6.45, 7) is 1.61. The maximum absolute atomic E-state index is 14.0. The second kappa shape index (κ2) is 6.40. The van der Waals surface area contributed by atoms with E-state index in [2.05, 4.69) is 30.6 Å². The number of nitrogens with one attached hydrogen (secondary N) is 3. The van der Waals surface area contributed by atoms with Gasteiger partial charge in [-0.25, -0.2) is 19.3 Å². The van der Waals surface area contributed by atoms with Crippen molar-refractivity contribution in [2.75, 3.05) is 12.4 Å². The number of anilines is 1. The maximum atomic E-state index is 14.0. The van der Waals surface area contributed by atoms with E-state index in [4.69, 9.17) is 11.6 Å². The van der Waals surface area contributed by atoms with Gasteiger partial charge in [0, 0.05) is 34.7 Å². The Morgan fingerprint density at radius 3 is 2.96 bits per heavy atom. The number of amides is 1. The molecule has 3 aromatic heterocycles. The molecule has 0 aliphatic rings. The van der Waals surface area contributed by atoms with Crippen LogP contribution in [-0.4, -0.2) is 38.9 Å². The largest absolute Gasteiger partial charge is 0.357 e. The zero-order valence-electron chi connectivity index (χ0n) is 12.9. The van der Waals surface area contributed by atoms with Gasteiger partial charge < -0.3 is 15.6 Å². The molecular formula is C15H20ClFN6O. The summed E-state index contributed by atoms with van der Waals surface area (Å²) in [5, 5.41) is 6.41. The minimum atomic E-state index is -0.648. The third kappa shape index (κ3) is 3.00. The Kier molecular flexibility index (Phi) is 4.30. The number of rotatable bonds is 4. The number of halogens is 2. The van der Waals surface area contributed by atoms with E-state index in [9.17, 15) is 9.18 Å². The first-order valence-corrected chi connectivity index (χ1v) is 7.51. The predicted molar refractivity (Wildman–Crippen MR) is 95.6 cm³/mol. The fraction of sp³-hybridized carbons (Fsp3) is 0.200. The van der Waals surface area contributed by atoms with Gasteiger partial charge in [0.25, 0.3) is 0 Å². The average Bonchev–Trinajstić information content (AvgIpc) is 2.99. The highest BCUT2D eigenvalue weighted by Gasteiger charge is 2.17. The monoisotopic (exact) mass is 354 g/mol. The number of fused-ring (bicyclic) bond motifs is 1. The van der Waals surface area contributed by atoms with Gasteiger partial charge in [0.2, 0.25) is 5.91 Å². The van der Waals surface area contributed by atoms with Gasteiger partial charge in [0.15, 0.2) is 17.5 Å². The maximum Gasteiger partial charge on any atom is 0.241 e. The molecule has 7 nitrogen and oxygen atoms in total. The summed E-state index contributed by atoms with van der Waals surface area (Å²) >= 11 is 5.98. The topological polar surface area (TPSA) is 95.6 Å². The number of carbonyl (C=O) groups is 1. The first-order valence-electron chi connectivity index (χ1n) is 7.13. The van der Waals surface area contributed by atoms with E-state index >= 15 is 0 Å². The third-order valence-corrected chi connectivity index (χ3v) is 3.68. The van der Waals surface area contributed by atoms with Gasteiger partial charge in [0.1, 0.15) is 11.7 Å². The lowest BCUT2D eigenvalue weighted by Crippen LogP contribution is -2.35. The Labute approximate surface area is 146 Å². The van der Waals surface area contributed by atoms with E-state index in [0.717, 1.165) is 11.6 Å². The molecule has 0 bridgehead atoms. The average molecular weight is 355 g/mol. The highest BCUT2D eigenvalue weighted by atomic mass is 35.5. The summed E-state index contributed by atoms with van der Waals surface area (Å²) in [6.07, 6.45) is 4.25. The molecule has 130 valence electrons. The Balaban J connectivity index is 0.00000225. The van der Waals surface area contributed by atoms with Crippen molar-refractivity contribution in [1.82, 2.24) is 25.3 Å². The van der Waals surface area contributed by atoms with Crippen LogP contribution in [0, 0.1) is 5.82 Å². The first kappa shape index (κ1) is 16.1. The summed E-state index contributed by atoms with van der Waals surface area (Å²) in [5.41, 5.74) is 1.26. The smallest absolute Gasteiger partial charge is 0.241 e. The molecule has 3 rings (SSSR count). The number of hydrogen-bond donors (Lipinski definition) is 3. The Bertz CT molecular complexity index is 926. The molecule has 0 fully saturated rings. The molecule has 24 heavy (non-hydrogen) atoms. The molecule has 0 saturated carbocycles. The van der Waals surface area contributed by atoms with Crippen molar-refractivity contribution in [2.24, 2.45) is 0 Å². The number of hydrogen-bond acceptors (Lipinski definition) is 5. The summed E-state index contributed by atoms with van der Waals surface area (Å²) < 4.78 is 14.0. The van der Waals surface area contributed by atoms with Crippen molar-refractivity contribution in [1.29, 1.82) is 0 Å². The second-order valence-corrected chi connectivity index (χ2v) is 5.56. The lowest BCUT2D eigenvalue weighted by atomic mass is 10.2. The number of H-pyrrole nitrogens is 1. The lowest BCUT2D eigenvalue weighted by Gasteiger charge is -2.13. The summed E-state index contributed by atoms with van der Waals surface area (Å²) in [4.78, 5) is 26.9. The van der Waals surface area contributed by atoms with Gasteiger partial charge in [-0.15, -0.1) is 0 Å². The van der Waals surface area contributed by atoms with Crippen LogP contribution in [-0.2, 0) is 4.79 Å².